The van der Waals surface area contributed by atoms with E-state index in [-0.39, 0.29) is 5.82 Å². The Morgan fingerprint density at radius 3 is 2.60 bits per heavy atom. The van der Waals surface area contributed by atoms with E-state index in [9.17, 15) is 4.39 Å². The van der Waals surface area contributed by atoms with Gasteiger partial charge in [-0.05, 0) is 23.8 Å². The zero-order valence-electron chi connectivity index (χ0n) is 10.8. The number of anilines is 1. The van der Waals surface area contributed by atoms with E-state index in [1.54, 1.807) is 24.4 Å². The Balaban J connectivity index is 2.00. The molecular weight excluding hydrogens is 253 g/mol. The van der Waals surface area contributed by atoms with Gasteiger partial charge < -0.3 is 10.3 Å². The number of aromatic nitrogens is 2. The van der Waals surface area contributed by atoms with Gasteiger partial charge in [-0.25, -0.2) is 9.37 Å². The molecule has 0 saturated carbocycles. The van der Waals surface area contributed by atoms with E-state index >= 15 is 0 Å². The summed E-state index contributed by atoms with van der Waals surface area (Å²) < 4.78 is 15.8. The van der Waals surface area contributed by atoms with Crippen molar-refractivity contribution in [2.24, 2.45) is 0 Å². The van der Waals surface area contributed by atoms with Gasteiger partial charge in [0.05, 0.1) is 12.1 Å². The maximum atomic E-state index is 13.9. The summed E-state index contributed by atoms with van der Waals surface area (Å²) in [5, 5.41) is 0. The van der Waals surface area contributed by atoms with Crippen LogP contribution < -0.4 is 5.73 Å². The largest absolute Gasteiger partial charge is 0.398 e. The minimum Gasteiger partial charge on any atom is -0.398 e. The first-order valence-electron chi connectivity index (χ1n) is 6.35. The van der Waals surface area contributed by atoms with E-state index in [0.29, 0.717) is 17.9 Å². The molecule has 0 aliphatic heterocycles. The lowest BCUT2D eigenvalue weighted by atomic mass is 10.1. The predicted molar refractivity (Wildman–Crippen MR) is 77.6 cm³/mol. The first-order valence-corrected chi connectivity index (χ1v) is 6.35. The Morgan fingerprint density at radius 1 is 1.05 bits per heavy atom. The van der Waals surface area contributed by atoms with Crippen molar-refractivity contribution in [2.45, 2.75) is 6.54 Å². The molecule has 0 spiro atoms. The van der Waals surface area contributed by atoms with E-state index in [0.717, 1.165) is 11.3 Å². The minimum atomic E-state index is -0.277. The first kappa shape index (κ1) is 12.4. The monoisotopic (exact) mass is 267 g/mol. The second-order valence-corrected chi connectivity index (χ2v) is 4.56. The lowest BCUT2D eigenvalue weighted by Crippen LogP contribution is -2.04. The quantitative estimate of drug-likeness (QED) is 0.740. The Kier molecular flexibility index (Phi) is 3.21. The molecule has 4 heteroatoms. The van der Waals surface area contributed by atoms with Gasteiger partial charge in [0.2, 0.25) is 0 Å². The average molecular weight is 267 g/mol. The van der Waals surface area contributed by atoms with Crippen LogP contribution in [-0.2, 0) is 6.54 Å². The fraction of sp³-hybridized carbons (Fsp3) is 0.0625. The van der Waals surface area contributed by atoms with Gasteiger partial charge in [-0.2, -0.15) is 0 Å². The number of hydrogen-bond donors (Lipinski definition) is 1. The minimum absolute atomic E-state index is 0.277. The lowest BCUT2D eigenvalue weighted by molar-refractivity contribution is 0.628. The van der Waals surface area contributed by atoms with Crippen molar-refractivity contribution in [3.8, 4) is 11.4 Å². The lowest BCUT2D eigenvalue weighted by Gasteiger charge is -2.10. The third-order valence-corrected chi connectivity index (χ3v) is 3.23. The number of nitrogen functional groups attached to an aromatic ring is 1. The van der Waals surface area contributed by atoms with E-state index in [4.69, 9.17) is 5.73 Å². The molecule has 1 aromatic heterocycles. The second kappa shape index (κ2) is 5.17. The molecule has 3 aromatic rings. The molecule has 3 rings (SSSR count). The van der Waals surface area contributed by atoms with Gasteiger partial charge in [-0.3, -0.25) is 0 Å². The third-order valence-electron chi connectivity index (χ3n) is 3.23. The molecule has 0 fully saturated rings. The molecule has 20 heavy (non-hydrogen) atoms. The number of imidazole rings is 1. The Hall–Kier alpha value is -2.62. The summed E-state index contributed by atoms with van der Waals surface area (Å²) in [7, 11) is 0. The molecule has 0 bridgehead atoms. The number of hydrogen-bond acceptors (Lipinski definition) is 2. The van der Waals surface area contributed by atoms with E-state index in [2.05, 4.69) is 4.98 Å². The standard InChI is InChI=1S/C16H14FN3/c17-14-7-3-2-6-13(14)16-19-9-10-20(16)11-12-5-1-4-8-15(12)18/h1-10H,11,18H2. The Morgan fingerprint density at radius 2 is 1.80 bits per heavy atom. The van der Waals surface area contributed by atoms with Crippen LogP contribution in [0.4, 0.5) is 10.1 Å². The van der Waals surface area contributed by atoms with Crippen LogP contribution in [0.5, 0.6) is 0 Å². The number of benzene rings is 2. The van der Waals surface area contributed by atoms with E-state index in [1.807, 2.05) is 35.0 Å². The average Bonchev–Trinajstić information content (AvgIpc) is 2.90. The fourth-order valence-electron chi connectivity index (χ4n) is 2.19. The van der Waals surface area contributed by atoms with Crippen LogP contribution in [0.1, 0.15) is 5.56 Å². The van der Waals surface area contributed by atoms with E-state index in [1.165, 1.54) is 6.07 Å². The van der Waals surface area contributed by atoms with Crippen molar-refractivity contribution in [2.75, 3.05) is 5.73 Å². The molecule has 0 amide bonds. The molecule has 100 valence electrons. The molecule has 0 aliphatic carbocycles. The summed E-state index contributed by atoms with van der Waals surface area (Å²) in [6.07, 6.45) is 3.50. The number of para-hydroxylation sites is 1. The molecular formula is C16H14FN3. The topological polar surface area (TPSA) is 43.8 Å². The van der Waals surface area contributed by atoms with Crippen LogP contribution in [-0.4, -0.2) is 9.55 Å². The maximum absolute atomic E-state index is 13.9. The van der Waals surface area contributed by atoms with Gasteiger partial charge in [0, 0.05) is 18.1 Å². The first-order chi connectivity index (χ1) is 9.75. The molecule has 0 radical (unpaired) electrons. The van der Waals surface area contributed by atoms with E-state index < -0.39 is 0 Å². The van der Waals surface area contributed by atoms with Crippen molar-refractivity contribution in [1.29, 1.82) is 0 Å². The summed E-state index contributed by atoms with van der Waals surface area (Å²) in [4.78, 5) is 4.26. The zero-order valence-corrected chi connectivity index (χ0v) is 10.8. The van der Waals surface area contributed by atoms with Crippen LogP contribution in [0.3, 0.4) is 0 Å². The number of halogens is 1. The summed E-state index contributed by atoms with van der Waals surface area (Å²) in [6, 6.07) is 14.3. The van der Waals surface area contributed by atoms with Crippen molar-refractivity contribution >= 4 is 5.69 Å². The zero-order chi connectivity index (χ0) is 13.9. The van der Waals surface area contributed by atoms with Crippen LogP contribution >= 0.6 is 0 Å². The van der Waals surface area contributed by atoms with Crippen LogP contribution in [0, 0.1) is 5.82 Å². The number of nitrogens with zero attached hydrogens (tertiary/aromatic N) is 2. The van der Waals surface area contributed by atoms with Gasteiger partial charge >= 0.3 is 0 Å². The van der Waals surface area contributed by atoms with Gasteiger partial charge in [0.25, 0.3) is 0 Å². The molecule has 0 atom stereocenters. The van der Waals surface area contributed by atoms with Crippen molar-refractivity contribution in [3.63, 3.8) is 0 Å². The van der Waals surface area contributed by atoms with Gasteiger partial charge in [0.15, 0.2) is 0 Å². The van der Waals surface area contributed by atoms with Crippen LogP contribution in [0.15, 0.2) is 60.9 Å². The smallest absolute Gasteiger partial charge is 0.143 e. The number of rotatable bonds is 3. The maximum Gasteiger partial charge on any atom is 0.143 e. The van der Waals surface area contributed by atoms with Gasteiger partial charge in [-0.1, -0.05) is 30.3 Å². The predicted octanol–water partition coefficient (Wildman–Crippen LogP) is 3.32. The second-order valence-electron chi connectivity index (χ2n) is 4.56. The van der Waals surface area contributed by atoms with Gasteiger partial charge in [0.1, 0.15) is 11.6 Å². The molecule has 2 N–H and O–H groups in total. The summed E-state index contributed by atoms with van der Waals surface area (Å²) in [5.74, 6) is 0.326. The highest BCUT2D eigenvalue weighted by atomic mass is 19.1. The van der Waals surface area contributed by atoms with Crippen LogP contribution in [0.2, 0.25) is 0 Å². The SMILES string of the molecule is Nc1ccccc1Cn1ccnc1-c1ccccc1F. The molecule has 0 unspecified atom stereocenters. The summed E-state index contributed by atoms with van der Waals surface area (Å²) in [5.41, 5.74) is 8.15. The molecule has 2 aromatic carbocycles. The summed E-state index contributed by atoms with van der Waals surface area (Å²) in [6.45, 7) is 0.566. The fourth-order valence-corrected chi connectivity index (χ4v) is 2.19. The van der Waals surface area contributed by atoms with Crippen LogP contribution in [0.25, 0.3) is 11.4 Å². The number of nitrogens with two attached hydrogens (primary N) is 1. The Labute approximate surface area is 116 Å². The Bertz CT molecular complexity index is 734. The van der Waals surface area contributed by atoms with Crippen molar-refractivity contribution < 1.29 is 4.39 Å². The van der Waals surface area contributed by atoms with Gasteiger partial charge in [-0.15, -0.1) is 0 Å². The third kappa shape index (κ3) is 2.28. The van der Waals surface area contributed by atoms with Crippen molar-refractivity contribution in [3.05, 3.63) is 72.3 Å². The summed E-state index contributed by atoms with van der Waals surface area (Å²) >= 11 is 0. The van der Waals surface area contributed by atoms with Crippen molar-refractivity contribution in [1.82, 2.24) is 9.55 Å². The molecule has 3 nitrogen and oxygen atoms in total. The normalized spacial score (nSPS) is 10.7. The molecule has 0 aliphatic rings. The highest BCUT2D eigenvalue weighted by Gasteiger charge is 2.11. The highest BCUT2D eigenvalue weighted by molar-refractivity contribution is 5.57. The molecule has 0 saturated heterocycles. The highest BCUT2D eigenvalue weighted by Crippen LogP contribution is 2.22. The molecule has 1 heterocycles.